The monoisotopic (exact) mass is 562 g/mol. The number of carbonyl (C=O) groups excluding carboxylic acids is 4. The largest absolute Gasteiger partial charge is 0.480 e. The van der Waals surface area contributed by atoms with E-state index in [1.54, 1.807) is 18.0 Å². The standard InChI is InChI=1S/C26H38N6O6S/c1-14(2)10-19(24(35)32-21(26(37)38)12-22(28)33)31-25(36)20(30-23(34)17(27)8-9-39-3)11-15-13-29-18-7-5-4-6-16(15)18/h4-7,13-14,17,19-21,29H,8-12,27H2,1-3H3,(H2,28,33)(H,30,34)(H,31,36)(H,32,35)(H,37,38). The Balaban J connectivity index is 2.29. The van der Waals surface area contributed by atoms with Gasteiger partial charge in [0.25, 0.3) is 0 Å². The number of aliphatic carboxylic acids is 1. The highest BCUT2D eigenvalue weighted by atomic mass is 32.2. The molecule has 13 heteroatoms. The number of primary amides is 1. The maximum absolute atomic E-state index is 13.5. The maximum Gasteiger partial charge on any atom is 0.326 e. The van der Waals surface area contributed by atoms with Crippen molar-refractivity contribution in [3.05, 3.63) is 36.0 Å². The smallest absolute Gasteiger partial charge is 0.326 e. The summed E-state index contributed by atoms with van der Waals surface area (Å²) in [7, 11) is 0. The van der Waals surface area contributed by atoms with Crippen molar-refractivity contribution in [2.24, 2.45) is 17.4 Å². The number of carboxylic acids is 1. The number of aromatic nitrogens is 1. The van der Waals surface area contributed by atoms with E-state index < -0.39 is 60.2 Å². The molecule has 0 aliphatic heterocycles. The Hall–Kier alpha value is -3.58. The summed E-state index contributed by atoms with van der Waals surface area (Å²) in [4.78, 5) is 65.3. The Labute approximate surface area is 231 Å². The molecule has 214 valence electrons. The summed E-state index contributed by atoms with van der Waals surface area (Å²) in [5, 5.41) is 17.9. The number of nitrogens with one attached hydrogen (secondary N) is 4. The van der Waals surface area contributed by atoms with Crippen LogP contribution in [-0.2, 0) is 30.4 Å². The summed E-state index contributed by atoms with van der Waals surface area (Å²) in [5.41, 5.74) is 12.8. The van der Waals surface area contributed by atoms with Crippen molar-refractivity contribution in [2.75, 3.05) is 12.0 Å². The van der Waals surface area contributed by atoms with E-state index in [4.69, 9.17) is 11.5 Å². The number of thioether (sulfide) groups is 1. The van der Waals surface area contributed by atoms with Gasteiger partial charge in [-0.15, -0.1) is 0 Å². The fourth-order valence-corrected chi connectivity index (χ4v) is 4.52. The predicted molar refractivity (Wildman–Crippen MR) is 150 cm³/mol. The van der Waals surface area contributed by atoms with Gasteiger partial charge in [0.2, 0.25) is 23.6 Å². The topological polar surface area (TPSA) is 209 Å². The summed E-state index contributed by atoms with van der Waals surface area (Å²) < 4.78 is 0. The second-order valence-corrected chi connectivity index (χ2v) is 10.8. The molecule has 0 aliphatic carbocycles. The van der Waals surface area contributed by atoms with E-state index in [0.717, 1.165) is 16.5 Å². The molecule has 0 spiro atoms. The Bertz CT molecular complexity index is 1170. The zero-order valence-corrected chi connectivity index (χ0v) is 23.2. The van der Waals surface area contributed by atoms with E-state index in [1.807, 2.05) is 44.4 Å². The number of para-hydroxylation sites is 1. The minimum Gasteiger partial charge on any atom is -0.480 e. The number of aromatic amines is 1. The van der Waals surface area contributed by atoms with Gasteiger partial charge in [0.05, 0.1) is 12.5 Å². The third-order valence-electron chi connectivity index (χ3n) is 6.06. The Morgan fingerprint density at radius 1 is 0.974 bits per heavy atom. The van der Waals surface area contributed by atoms with Crippen molar-refractivity contribution in [2.45, 2.75) is 63.7 Å². The molecule has 0 fully saturated rings. The normalized spacial score (nSPS) is 14.3. The molecule has 2 aromatic rings. The lowest BCUT2D eigenvalue weighted by Crippen LogP contribution is -2.58. The van der Waals surface area contributed by atoms with E-state index in [-0.39, 0.29) is 18.8 Å². The van der Waals surface area contributed by atoms with Gasteiger partial charge in [-0.2, -0.15) is 11.8 Å². The van der Waals surface area contributed by atoms with Gasteiger partial charge in [-0.05, 0) is 42.4 Å². The quantitative estimate of drug-likeness (QED) is 0.150. The molecule has 0 radical (unpaired) electrons. The number of H-pyrrole nitrogens is 1. The Morgan fingerprint density at radius 2 is 1.59 bits per heavy atom. The summed E-state index contributed by atoms with van der Waals surface area (Å²) in [6, 6.07) is 2.95. The summed E-state index contributed by atoms with van der Waals surface area (Å²) >= 11 is 1.55. The molecule has 39 heavy (non-hydrogen) atoms. The second-order valence-electron chi connectivity index (χ2n) is 9.77. The molecule has 0 aliphatic rings. The van der Waals surface area contributed by atoms with E-state index in [9.17, 15) is 29.1 Å². The fraction of sp³-hybridized carbons (Fsp3) is 0.500. The number of hydrogen-bond donors (Lipinski definition) is 7. The van der Waals surface area contributed by atoms with Crippen LogP contribution in [0.5, 0.6) is 0 Å². The Kier molecular flexibility index (Phi) is 12.3. The summed E-state index contributed by atoms with van der Waals surface area (Å²) in [6.45, 7) is 3.67. The van der Waals surface area contributed by atoms with Gasteiger partial charge < -0.3 is 37.5 Å². The molecule has 2 rings (SSSR count). The molecule has 9 N–H and O–H groups in total. The molecule has 12 nitrogen and oxygen atoms in total. The first-order valence-corrected chi connectivity index (χ1v) is 14.0. The Morgan fingerprint density at radius 3 is 2.21 bits per heavy atom. The number of carboxylic acid groups (broad SMARTS) is 1. The molecule has 1 aromatic carbocycles. The van der Waals surface area contributed by atoms with Crippen LogP contribution in [0.1, 0.15) is 38.7 Å². The maximum atomic E-state index is 13.5. The third kappa shape index (κ3) is 9.91. The molecule has 1 heterocycles. The van der Waals surface area contributed by atoms with Crippen LogP contribution in [0.3, 0.4) is 0 Å². The fourth-order valence-electron chi connectivity index (χ4n) is 4.03. The molecular weight excluding hydrogens is 524 g/mol. The lowest BCUT2D eigenvalue weighted by Gasteiger charge is -2.26. The van der Waals surface area contributed by atoms with Crippen molar-refractivity contribution >= 4 is 52.3 Å². The minimum absolute atomic E-state index is 0.0536. The zero-order valence-electron chi connectivity index (χ0n) is 22.4. The first-order chi connectivity index (χ1) is 18.4. The molecule has 4 atom stereocenters. The van der Waals surface area contributed by atoms with Gasteiger partial charge in [0.15, 0.2) is 0 Å². The minimum atomic E-state index is -1.54. The van der Waals surface area contributed by atoms with Crippen LogP contribution in [0.25, 0.3) is 10.9 Å². The van der Waals surface area contributed by atoms with E-state index in [2.05, 4.69) is 20.9 Å². The summed E-state index contributed by atoms with van der Waals surface area (Å²) in [5.74, 6) is -3.62. The predicted octanol–water partition coefficient (Wildman–Crippen LogP) is 0.251. The summed E-state index contributed by atoms with van der Waals surface area (Å²) in [6.07, 6.45) is 3.77. The zero-order chi connectivity index (χ0) is 29.1. The molecule has 0 saturated carbocycles. The highest BCUT2D eigenvalue weighted by Crippen LogP contribution is 2.19. The molecule has 0 saturated heterocycles. The first kappa shape index (κ1) is 31.6. The van der Waals surface area contributed by atoms with Crippen molar-refractivity contribution in [3.8, 4) is 0 Å². The van der Waals surface area contributed by atoms with Crippen LogP contribution >= 0.6 is 11.8 Å². The van der Waals surface area contributed by atoms with Crippen LogP contribution in [-0.4, -0.2) is 75.9 Å². The first-order valence-electron chi connectivity index (χ1n) is 12.6. The van der Waals surface area contributed by atoms with Crippen molar-refractivity contribution < 1.29 is 29.1 Å². The molecule has 1 aromatic heterocycles. The van der Waals surface area contributed by atoms with Gasteiger partial charge in [-0.1, -0.05) is 32.0 Å². The number of benzene rings is 1. The molecule has 4 unspecified atom stereocenters. The highest BCUT2D eigenvalue weighted by Gasteiger charge is 2.31. The van der Waals surface area contributed by atoms with E-state index >= 15 is 0 Å². The van der Waals surface area contributed by atoms with Crippen molar-refractivity contribution in [3.63, 3.8) is 0 Å². The van der Waals surface area contributed by atoms with Gasteiger partial charge in [0, 0.05) is 23.5 Å². The van der Waals surface area contributed by atoms with Gasteiger partial charge >= 0.3 is 5.97 Å². The van der Waals surface area contributed by atoms with Gasteiger partial charge in [0.1, 0.15) is 18.1 Å². The molecule has 0 bridgehead atoms. The number of carbonyl (C=O) groups is 5. The van der Waals surface area contributed by atoms with Crippen LogP contribution in [0.2, 0.25) is 0 Å². The number of rotatable bonds is 16. The number of nitrogens with two attached hydrogens (primary N) is 2. The lowest BCUT2D eigenvalue weighted by atomic mass is 10.00. The SMILES string of the molecule is CSCCC(N)C(=O)NC(Cc1c[nH]c2ccccc12)C(=O)NC(CC(C)C)C(=O)NC(CC(N)=O)C(=O)O. The van der Waals surface area contributed by atoms with Crippen molar-refractivity contribution in [1.29, 1.82) is 0 Å². The average Bonchev–Trinajstić information content (AvgIpc) is 3.28. The number of hydrogen-bond acceptors (Lipinski definition) is 7. The van der Waals surface area contributed by atoms with Crippen LogP contribution in [0.4, 0.5) is 0 Å². The van der Waals surface area contributed by atoms with Gasteiger partial charge in [-0.25, -0.2) is 4.79 Å². The van der Waals surface area contributed by atoms with E-state index in [0.29, 0.717) is 12.2 Å². The van der Waals surface area contributed by atoms with Crippen LogP contribution < -0.4 is 27.4 Å². The lowest BCUT2D eigenvalue weighted by molar-refractivity contribution is -0.143. The van der Waals surface area contributed by atoms with Crippen molar-refractivity contribution in [1.82, 2.24) is 20.9 Å². The van der Waals surface area contributed by atoms with E-state index in [1.165, 1.54) is 0 Å². The second kappa shape index (κ2) is 15.1. The number of amides is 4. The van der Waals surface area contributed by atoms with Crippen LogP contribution in [0, 0.1) is 5.92 Å². The number of fused-ring (bicyclic) bond motifs is 1. The van der Waals surface area contributed by atoms with Crippen LogP contribution in [0.15, 0.2) is 30.5 Å². The third-order valence-corrected chi connectivity index (χ3v) is 6.71. The highest BCUT2D eigenvalue weighted by molar-refractivity contribution is 7.98. The average molecular weight is 563 g/mol. The molecular formula is C26H38N6O6S. The molecule has 4 amide bonds. The van der Waals surface area contributed by atoms with Gasteiger partial charge in [-0.3, -0.25) is 19.2 Å².